The fourth-order valence-corrected chi connectivity index (χ4v) is 3.19. The van der Waals surface area contributed by atoms with Gasteiger partial charge in [0.05, 0.1) is 12.0 Å². The molecule has 1 aliphatic heterocycles. The Morgan fingerprint density at radius 3 is 2.73 bits per heavy atom. The zero-order chi connectivity index (χ0) is 14.8. The molecule has 0 radical (unpaired) electrons. The van der Waals surface area contributed by atoms with Crippen LogP contribution in [0.25, 0.3) is 0 Å². The van der Waals surface area contributed by atoms with Crippen LogP contribution in [0.2, 0.25) is 0 Å². The van der Waals surface area contributed by atoms with Gasteiger partial charge >= 0.3 is 0 Å². The van der Waals surface area contributed by atoms with Gasteiger partial charge in [0.15, 0.2) is 0 Å². The highest BCUT2D eigenvalue weighted by molar-refractivity contribution is 5.33. The highest BCUT2D eigenvalue weighted by atomic mass is 15.2. The molecule has 2 fully saturated rings. The van der Waals surface area contributed by atoms with Crippen LogP contribution in [0.1, 0.15) is 37.4 Å². The summed E-state index contributed by atoms with van der Waals surface area (Å²) in [4.78, 5) is 15.1. The summed E-state index contributed by atoms with van der Waals surface area (Å²) in [5.74, 6) is 0.931. The van der Waals surface area contributed by atoms with Gasteiger partial charge in [-0.2, -0.15) is 0 Å². The number of hydrogen-bond donors (Lipinski definition) is 1. The third-order valence-electron chi connectivity index (χ3n) is 4.59. The molecule has 116 valence electrons. The first kappa shape index (κ1) is 13.7. The Morgan fingerprint density at radius 1 is 1.14 bits per heavy atom. The van der Waals surface area contributed by atoms with E-state index in [0.717, 1.165) is 44.3 Å². The van der Waals surface area contributed by atoms with Gasteiger partial charge in [-0.25, -0.2) is 15.0 Å². The van der Waals surface area contributed by atoms with E-state index in [0.29, 0.717) is 6.04 Å². The molecule has 1 aliphatic carbocycles. The first-order valence-corrected chi connectivity index (χ1v) is 8.14. The molecular formula is C16H22N6. The van der Waals surface area contributed by atoms with Crippen molar-refractivity contribution in [2.45, 2.75) is 44.3 Å². The Labute approximate surface area is 130 Å². The van der Waals surface area contributed by atoms with Crippen LogP contribution >= 0.6 is 0 Å². The quantitative estimate of drug-likeness (QED) is 0.916. The average molecular weight is 298 g/mol. The monoisotopic (exact) mass is 298 g/mol. The molecule has 2 aliphatic rings. The van der Waals surface area contributed by atoms with Crippen LogP contribution < -0.4 is 5.32 Å². The van der Waals surface area contributed by atoms with Crippen molar-refractivity contribution in [3.63, 3.8) is 0 Å². The molecule has 0 unspecified atom stereocenters. The molecule has 22 heavy (non-hydrogen) atoms. The van der Waals surface area contributed by atoms with Gasteiger partial charge in [-0.05, 0) is 31.7 Å². The Bertz CT molecular complexity index is 598. The van der Waals surface area contributed by atoms with Crippen LogP contribution in [0.5, 0.6) is 0 Å². The second-order valence-electron chi connectivity index (χ2n) is 6.31. The highest BCUT2D eigenvalue weighted by Crippen LogP contribution is 2.35. The van der Waals surface area contributed by atoms with Crippen LogP contribution in [0.3, 0.4) is 0 Å². The van der Waals surface area contributed by atoms with Crippen LogP contribution in [0.15, 0.2) is 31.1 Å². The Kier molecular flexibility index (Phi) is 3.76. The minimum Gasteiger partial charge on any atom is -0.367 e. The number of nitrogens with one attached hydrogen (secondary N) is 1. The third kappa shape index (κ3) is 3.11. The van der Waals surface area contributed by atoms with Crippen molar-refractivity contribution in [1.29, 1.82) is 0 Å². The minimum atomic E-state index is 0.513. The molecule has 4 rings (SSSR count). The lowest BCUT2D eigenvalue weighted by Crippen LogP contribution is -2.39. The van der Waals surface area contributed by atoms with Crippen molar-refractivity contribution in [2.24, 2.45) is 0 Å². The summed E-state index contributed by atoms with van der Waals surface area (Å²) in [7, 11) is 0. The summed E-state index contributed by atoms with van der Waals surface area (Å²) in [6.07, 6.45) is 12.3. The molecule has 3 heterocycles. The van der Waals surface area contributed by atoms with Gasteiger partial charge < -0.3 is 9.88 Å². The summed E-state index contributed by atoms with van der Waals surface area (Å²) >= 11 is 0. The maximum Gasteiger partial charge on any atom is 0.129 e. The molecule has 0 atom stereocenters. The van der Waals surface area contributed by atoms with E-state index in [4.69, 9.17) is 0 Å². The molecule has 1 N–H and O–H groups in total. The fourth-order valence-electron chi connectivity index (χ4n) is 3.19. The number of aromatic nitrogens is 4. The van der Waals surface area contributed by atoms with E-state index in [1.807, 2.05) is 18.6 Å². The normalized spacial score (nSPS) is 20.2. The van der Waals surface area contributed by atoms with Crippen LogP contribution in [0, 0.1) is 0 Å². The lowest BCUT2D eigenvalue weighted by Gasteiger charge is -2.32. The van der Waals surface area contributed by atoms with Gasteiger partial charge in [0.2, 0.25) is 0 Å². The molecule has 2 aromatic heterocycles. The molecule has 1 saturated heterocycles. The van der Waals surface area contributed by atoms with Crippen LogP contribution in [0.4, 0.5) is 5.82 Å². The zero-order valence-electron chi connectivity index (χ0n) is 12.7. The molecule has 0 aromatic carbocycles. The van der Waals surface area contributed by atoms with Gasteiger partial charge in [-0.15, -0.1) is 0 Å². The number of imidazole rings is 1. The van der Waals surface area contributed by atoms with Crippen LogP contribution in [-0.4, -0.2) is 43.6 Å². The predicted octanol–water partition coefficient (Wildman–Crippen LogP) is 2.08. The van der Waals surface area contributed by atoms with E-state index < -0.39 is 0 Å². The Morgan fingerprint density at radius 2 is 2.00 bits per heavy atom. The largest absolute Gasteiger partial charge is 0.367 e. The second kappa shape index (κ2) is 6.04. The maximum absolute atomic E-state index is 4.33. The SMILES string of the molecule is c1cc(NC2CCN(Cc3cncn3C3CC3)CC2)ncn1. The Balaban J connectivity index is 1.29. The maximum atomic E-state index is 4.33. The number of piperidine rings is 1. The lowest BCUT2D eigenvalue weighted by atomic mass is 10.0. The smallest absolute Gasteiger partial charge is 0.129 e. The number of likely N-dealkylation sites (tertiary alicyclic amines) is 1. The first-order valence-electron chi connectivity index (χ1n) is 8.14. The van der Waals surface area contributed by atoms with Gasteiger partial charge in [-0.3, -0.25) is 4.90 Å². The highest BCUT2D eigenvalue weighted by Gasteiger charge is 2.26. The molecule has 1 saturated carbocycles. The summed E-state index contributed by atoms with van der Waals surface area (Å²) in [5, 5.41) is 3.50. The molecular weight excluding hydrogens is 276 g/mol. The van der Waals surface area contributed by atoms with Crippen molar-refractivity contribution < 1.29 is 0 Å². The van der Waals surface area contributed by atoms with Gasteiger partial charge in [0.25, 0.3) is 0 Å². The average Bonchev–Trinajstić information content (AvgIpc) is 3.30. The van der Waals surface area contributed by atoms with Gasteiger partial charge in [0, 0.05) is 44.1 Å². The van der Waals surface area contributed by atoms with Crippen molar-refractivity contribution in [2.75, 3.05) is 18.4 Å². The first-order chi connectivity index (χ1) is 10.9. The zero-order valence-corrected chi connectivity index (χ0v) is 12.7. The molecule has 2 aromatic rings. The summed E-state index contributed by atoms with van der Waals surface area (Å²) < 4.78 is 2.37. The topological polar surface area (TPSA) is 58.9 Å². The number of nitrogens with zero attached hydrogens (tertiary/aromatic N) is 5. The number of hydrogen-bond acceptors (Lipinski definition) is 5. The van der Waals surface area contributed by atoms with Crippen molar-refractivity contribution >= 4 is 5.82 Å². The molecule has 0 bridgehead atoms. The third-order valence-corrected chi connectivity index (χ3v) is 4.59. The number of anilines is 1. The summed E-state index contributed by atoms with van der Waals surface area (Å²) in [6.45, 7) is 3.27. The lowest BCUT2D eigenvalue weighted by molar-refractivity contribution is 0.206. The standard InChI is InChI=1S/C16H22N6/c1-2-14(1)22-12-18-9-15(22)10-21-7-4-13(5-8-21)20-16-3-6-17-11-19-16/h3,6,9,11-14H,1-2,4-5,7-8,10H2,(H,17,19,20). The fraction of sp³-hybridized carbons (Fsp3) is 0.562. The predicted molar refractivity (Wildman–Crippen MR) is 84.5 cm³/mol. The second-order valence-corrected chi connectivity index (χ2v) is 6.31. The van der Waals surface area contributed by atoms with Crippen molar-refractivity contribution in [3.05, 3.63) is 36.8 Å². The molecule has 6 heteroatoms. The minimum absolute atomic E-state index is 0.513. The molecule has 0 spiro atoms. The Hall–Kier alpha value is -1.95. The molecule has 6 nitrogen and oxygen atoms in total. The van der Waals surface area contributed by atoms with Crippen LogP contribution in [-0.2, 0) is 6.54 Å². The van der Waals surface area contributed by atoms with Crippen molar-refractivity contribution in [1.82, 2.24) is 24.4 Å². The van der Waals surface area contributed by atoms with E-state index >= 15 is 0 Å². The summed E-state index contributed by atoms with van der Waals surface area (Å²) in [5.41, 5.74) is 1.37. The van der Waals surface area contributed by atoms with E-state index in [1.165, 1.54) is 18.5 Å². The summed E-state index contributed by atoms with van der Waals surface area (Å²) in [6, 6.07) is 3.16. The van der Waals surface area contributed by atoms with Gasteiger partial charge in [0.1, 0.15) is 12.1 Å². The van der Waals surface area contributed by atoms with E-state index in [9.17, 15) is 0 Å². The van der Waals surface area contributed by atoms with E-state index in [2.05, 4.69) is 29.7 Å². The van der Waals surface area contributed by atoms with Crippen molar-refractivity contribution in [3.8, 4) is 0 Å². The van der Waals surface area contributed by atoms with E-state index in [-0.39, 0.29) is 0 Å². The molecule has 0 amide bonds. The van der Waals surface area contributed by atoms with Gasteiger partial charge in [-0.1, -0.05) is 0 Å². The van der Waals surface area contributed by atoms with E-state index in [1.54, 1.807) is 12.5 Å². The number of rotatable bonds is 5.